The van der Waals surface area contributed by atoms with E-state index in [1.165, 1.54) is 24.8 Å². The average molecular weight is 332 g/mol. The molecule has 2 heterocycles. The van der Waals surface area contributed by atoms with E-state index in [0.29, 0.717) is 11.9 Å². The van der Waals surface area contributed by atoms with Crippen molar-refractivity contribution in [2.75, 3.05) is 23.7 Å². The first-order valence-electron chi connectivity index (χ1n) is 7.66. The predicted molar refractivity (Wildman–Crippen MR) is 88.9 cm³/mol. The van der Waals surface area contributed by atoms with Crippen LogP contribution in [0, 0.1) is 5.92 Å². The van der Waals surface area contributed by atoms with E-state index in [2.05, 4.69) is 21.8 Å². The lowest BCUT2D eigenvalue weighted by atomic mass is 10.0. The summed E-state index contributed by atoms with van der Waals surface area (Å²) in [5.74, 6) is 1.07. The molecule has 2 N–H and O–H groups in total. The van der Waals surface area contributed by atoms with Crippen LogP contribution in [0.25, 0.3) is 0 Å². The third kappa shape index (κ3) is 3.14. The minimum atomic E-state index is -3.70. The van der Waals surface area contributed by atoms with Crippen LogP contribution in [0.3, 0.4) is 0 Å². The topological polar surface area (TPSA) is 89.2 Å². The number of nitrogen functional groups attached to an aromatic ring is 1. The summed E-state index contributed by atoms with van der Waals surface area (Å²) in [6.45, 7) is 3.92. The zero-order valence-electron chi connectivity index (χ0n) is 13.0. The molecule has 1 fully saturated rings. The molecule has 122 valence electrons. The zero-order chi connectivity index (χ0) is 16.4. The van der Waals surface area contributed by atoms with Crippen LogP contribution in [-0.2, 0) is 9.84 Å². The second-order valence-corrected chi connectivity index (χ2v) is 7.85. The quantitative estimate of drug-likeness (QED) is 0.926. The lowest BCUT2D eigenvalue weighted by molar-refractivity contribution is 0.442. The van der Waals surface area contributed by atoms with Gasteiger partial charge < -0.3 is 10.6 Å². The number of nitrogens with zero attached hydrogens (tertiary/aromatic N) is 3. The minimum absolute atomic E-state index is 0.00270. The maximum absolute atomic E-state index is 12.6. The Hall–Kier alpha value is -2.15. The van der Waals surface area contributed by atoms with Crippen LogP contribution in [0.2, 0.25) is 0 Å². The van der Waals surface area contributed by atoms with Crippen LogP contribution < -0.4 is 10.6 Å². The smallest absolute Gasteiger partial charge is 0.227 e. The van der Waals surface area contributed by atoms with Gasteiger partial charge in [0.15, 0.2) is 0 Å². The van der Waals surface area contributed by atoms with Crippen LogP contribution in [0.4, 0.5) is 11.8 Å². The first-order valence-corrected chi connectivity index (χ1v) is 9.14. The molecule has 1 unspecified atom stereocenters. The summed E-state index contributed by atoms with van der Waals surface area (Å²) in [4.78, 5) is 10.7. The summed E-state index contributed by atoms with van der Waals surface area (Å²) in [5, 5.41) is 0. The molecule has 0 saturated carbocycles. The fourth-order valence-electron chi connectivity index (χ4n) is 2.83. The number of benzene rings is 1. The van der Waals surface area contributed by atoms with Crippen molar-refractivity contribution in [3.05, 3.63) is 36.5 Å². The Balaban J connectivity index is 1.94. The van der Waals surface area contributed by atoms with Crippen LogP contribution in [0.5, 0.6) is 0 Å². The molecule has 6 nitrogen and oxygen atoms in total. The van der Waals surface area contributed by atoms with Crippen molar-refractivity contribution in [1.82, 2.24) is 9.97 Å². The average Bonchev–Trinajstić information content (AvgIpc) is 2.55. The Labute approximate surface area is 136 Å². The minimum Gasteiger partial charge on any atom is -0.382 e. The van der Waals surface area contributed by atoms with Crippen LogP contribution in [0.1, 0.15) is 19.8 Å². The summed E-state index contributed by atoms with van der Waals surface area (Å²) in [7, 11) is -3.70. The van der Waals surface area contributed by atoms with E-state index < -0.39 is 9.84 Å². The van der Waals surface area contributed by atoms with Gasteiger partial charge >= 0.3 is 0 Å². The van der Waals surface area contributed by atoms with E-state index in [4.69, 9.17) is 5.73 Å². The first kappa shape index (κ1) is 15.7. The molecule has 23 heavy (non-hydrogen) atoms. The largest absolute Gasteiger partial charge is 0.382 e. The second-order valence-electron chi connectivity index (χ2n) is 5.93. The Kier molecular flexibility index (Phi) is 4.21. The van der Waals surface area contributed by atoms with Gasteiger partial charge in [0, 0.05) is 13.1 Å². The number of hydrogen-bond acceptors (Lipinski definition) is 6. The molecule has 1 saturated heterocycles. The molecular formula is C16H20N4O2S. The first-order chi connectivity index (χ1) is 11.0. The molecule has 0 spiro atoms. The summed E-state index contributed by atoms with van der Waals surface area (Å²) in [6.07, 6.45) is 3.58. The Morgan fingerprint density at radius 2 is 2.00 bits per heavy atom. The summed E-state index contributed by atoms with van der Waals surface area (Å²) in [5.41, 5.74) is 5.93. The van der Waals surface area contributed by atoms with Gasteiger partial charge in [-0.2, -0.15) is 4.98 Å². The van der Waals surface area contributed by atoms with Gasteiger partial charge in [0.2, 0.25) is 15.8 Å². The summed E-state index contributed by atoms with van der Waals surface area (Å²) in [6, 6.07) is 8.18. The standard InChI is InChI=1S/C16H20N4O2S/c1-12-6-5-9-20(11-12)16-18-10-14(15(17)19-16)23(21,22)13-7-3-2-4-8-13/h2-4,7-8,10,12H,5-6,9,11H2,1H3,(H2,17,18,19). The highest BCUT2D eigenvalue weighted by Gasteiger charge is 2.24. The van der Waals surface area contributed by atoms with Crippen LogP contribution in [-0.4, -0.2) is 31.5 Å². The lowest BCUT2D eigenvalue weighted by Gasteiger charge is -2.31. The highest BCUT2D eigenvalue weighted by atomic mass is 32.2. The monoisotopic (exact) mass is 332 g/mol. The second kappa shape index (κ2) is 6.16. The third-order valence-electron chi connectivity index (χ3n) is 4.05. The van der Waals surface area contributed by atoms with Gasteiger partial charge in [-0.15, -0.1) is 0 Å². The van der Waals surface area contributed by atoms with Gasteiger partial charge in [0.05, 0.1) is 11.1 Å². The molecule has 0 amide bonds. The third-order valence-corrected chi connectivity index (χ3v) is 5.84. The molecule has 0 radical (unpaired) electrons. The SMILES string of the molecule is CC1CCCN(c2ncc(S(=O)(=O)c3ccccc3)c(N)n2)C1. The molecule has 1 aromatic carbocycles. The van der Waals surface area contributed by atoms with Gasteiger partial charge in [0.1, 0.15) is 10.7 Å². The van der Waals surface area contributed by atoms with Gasteiger partial charge in [-0.25, -0.2) is 13.4 Å². The number of nitrogens with two attached hydrogens (primary N) is 1. The van der Waals surface area contributed by atoms with E-state index in [1.54, 1.807) is 18.2 Å². The molecule has 0 bridgehead atoms. The van der Waals surface area contributed by atoms with Crippen LogP contribution in [0.15, 0.2) is 46.3 Å². The Morgan fingerprint density at radius 3 is 2.65 bits per heavy atom. The van der Waals surface area contributed by atoms with Crippen LogP contribution >= 0.6 is 0 Å². The Bertz CT molecular complexity index is 793. The van der Waals surface area contributed by atoms with E-state index in [0.717, 1.165) is 19.5 Å². The molecule has 3 rings (SSSR count). The predicted octanol–water partition coefficient (Wildman–Crippen LogP) is 2.13. The van der Waals surface area contributed by atoms with Gasteiger partial charge in [0.25, 0.3) is 0 Å². The highest BCUT2D eigenvalue weighted by molar-refractivity contribution is 7.91. The molecule has 2 aromatic rings. The van der Waals surface area contributed by atoms with E-state index in [9.17, 15) is 8.42 Å². The maximum Gasteiger partial charge on any atom is 0.227 e. The molecule has 7 heteroatoms. The number of rotatable bonds is 3. The molecule has 0 aliphatic carbocycles. The summed E-state index contributed by atoms with van der Waals surface area (Å²) < 4.78 is 25.2. The molecule has 1 atom stereocenters. The van der Waals surface area contributed by atoms with Crippen molar-refractivity contribution in [2.24, 2.45) is 5.92 Å². The number of piperidine rings is 1. The highest BCUT2D eigenvalue weighted by Crippen LogP contribution is 2.26. The van der Waals surface area contributed by atoms with Crippen molar-refractivity contribution in [3.63, 3.8) is 0 Å². The number of hydrogen-bond donors (Lipinski definition) is 1. The number of sulfone groups is 1. The van der Waals surface area contributed by atoms with Crippen molar-refractivity contribution in [1.29, 1.82) is 0 Å². The van der Waals surface area contributed by atoms with Gasteiger partial charge in [-0.1, -0.05) is 25.1 Å². The van der Waals surface area contributed by atoms with E-state index in [-0.39, 0.29) is 15.6 Å². The maximum atomic E-state index is 12.6. The van der Waals surface area contributed by atoms with Crippen molar-refractivity contribution in [2.45, 2.75) is 29.6 Å². The molecule has 1 aromatic heterocycles. The molecular weight excluding hydrogens is 312 g/mol. The van der Waals surface area contributed by atoms with Crippen molar-refractivity contribution in [3.8, 4) is 0 Å². The van der Waals surface area contributed by atoms with Crippen molar-refractivity contribution < 1.29 is 8.42 Å². The van der Waals surface area contributed by atoms with Crippen molar-refractivity contribution >= 4 is 21.6 Å². The summed E-state index contributed by atoms with van der Waals surface area (Å²) >= 11 is 0. The normalized spacial score (nSPS) is 18.8. The van der Waals surface area contributed by atoms with Gasteiger partial charge in [-0.3, -0.25) is 0 Å². The molecule has 1 aliphatic rings. The Morgan fingerprint density at radius 1 is 1.26 bits per heavy atom. The zero-order valence-corrected chi connectivity index (χ0v) is 13.8. The van der Waals surface area contributed by atoms with Gasteiger partial charge in [-0.05, 0) is 30.9 Å². The fourth-order valence-corrected chi connectivity index (χ4v) is 4.11. The number of aromatic nitrogens is 2. The number of anilines is 2. The van der Waals surface area contributed by atoms with E-state index >= 15 is 0 Å². The fraction of sp³-hybridized carbons (Fsp3) is 0.375. The lowest BCUT2D eigenvalue weighted by Crippen LogP contribution is -2.35. The molecule has 1 aliphatic heterocycles. The van der Waals surface area contributed by atoms with E-state index in [1.807, 2.05) is 0 Å².